The first-order chi connectivity index (χ1) is 7.13. The zero-order valence-electron chi connectivity index (χ0n) is 8.99. The molecule has 0 fully saturated rings. The number of carbonyl (C=O) groups is 1. The fourth-order valence-corrected chi connectivity index (χ4v) is 1.28. The monoisotopic (exact) mass is 208 g/mol. The highest BCUT2D eigenvalue weighted by Crippen LogP contribution is 2.18. The molecule has 0 saturated carbocycles. The van der Waals surface area contributed by atoms with Crippen LogP contribution in [0.5, 0.6) is 5.75 Å². The molecule has 4 nitrogen and oxygen atoms in total. The number of ether oxygens (including phenoxy) is 1. The molecule has 0 spiro atoms. The number of rotatable bonds is 5. The molecule has 1 amide bonds. The van der Waals surface area contributed by atoms with Crippen LogP contribution in [0.3, 0.4) is 0 Å². The van der Waals surface area contributed by atoms with Gasteiger partial charge in [0.05, 0.1) is 13.7 Å². The summed E-state index contributed by atoms with van der Waals surface area (Å²) in [7, 11) is 1.63. The summed E-state index contributed by atoms with van der Waals surface area (Å²) in [5, 5.41) is 3.02. The second-order valence-electron chi connectivity index (χ2n) is 3.35. The summed E-state index contributed by atoms with van der Waals surface area (Å²) in [4.78, 5) is 10.6. The van der Waals surface area contributed by atoms with Crippen LogP contribution >= 0.6 is 0 Å². The van der Waals surface area contributed by atoms with Crippen LogP contribution in [0.4, 0.5) is 0 Å². The first-order valence-corrected chi connectivity index (χ1v) is 4.79. The predicted octanol–water partition coefficient (Wildman–Crippen LogP) is 0.831. The molecule has 1 rings (SSSR count). The Balaban J connectivity index is 2.64. The summed E-state index contributed by atoms with van der Waals surface area (Å²) in [5.41, 5.74) is 6.11. The lowest BCUT2D eigenvalue weighted by Gasteiger charge is -2.13. The van der Waals surface area contributed by atoms with Crippen molar-refractivity contribution in [3.63, 3.8) is 0 Å². The molecule has 0 heterocycles. The Morgan fingerprint density at radius 2 is 2.33 bits per heavy atom. The quantitative estimate of drug-likeness (QED) is 0.753. The van der Waals surface area contributed by atoms with Crippen LogP contribution in [0, 0.1) is 0 Å². The number of benzene rings is 1. The maximum atomic E-state index is 10.6. The van der Waals surface area contributed by atoms with Crippen molar-refractivity contribution in [3.05, 3.63) is 29.8 Å². The van der Waals surface area contributed by atoms with Crippen LogP contribution in [-0.2, 0) is 4.79 Å². The highest BCUT2D eigenvalue weighted by Gasteiger charge is 2.06. The summed E-state index contributed by atoms with van der Waals surface area (Å²) in [6.07, 6.45) is 0. The molecule has 15 heavy (non-hydrogen) atoms. The molecular weight excluding hydrogens is 192 g/mol. The Morgan fingerprint density at radius 3 is 2.93 bits per heavy atom. The summed E-state index contributed by atoms with van der Waals surface area (Å²) in [6.45, 7) is 2.15. The summed E-state index contributed by atoms with van der Waals surface area (Å²) < 4.78 is 5.11. The van der Waals surface area contributed by atoms with Gasteiger partial charge in [-0.15, -0.1) is 0 Å². The fraction of sp³-hybridized carbons (Fsp3) is 0.364. The minimum Gasteiger partial charge on any atom is -0.497 e. The molecule has 0 radical (unpaired) electrons. The largest absolute Gasteiger partial charge is 0.497 e. The van der Waals surface area contributed by atoms with Crippen LogP contribution in [0.2, 0.25) is 0 Å². The third kappa shape index (κ3) is 3.59. The molecule has 3 N–H and O–H groups in total. The van der Waals surface area contributed by atoms with Crippen molar-refractivity contribution in [1.82, 2.24) is 5.32 Å². The summed E-state index contributed by atoms with van der Waals surface area (Å²) >= 11 is 0. The second-order valence-corrected chi connectivity index (χ2v) is 3.35. The van der Waals surface area contributed by atoms with Gasteiger partial charge in [-0.2, -0.15) is 0 Å². The third-order valence-corrected chi connectivity index (χ3v) is 2.18. The Labute approximate surface area is 89.4 Å². The predicted molar refractivity (Wildman–Crippen MR) is 58.6 cm³/mol. The minimum absolute atomic E-state index is 0.0765. The van der Waals surface area contributed by atoms with Crippen molar-refractivity contribution in [3.8, 4) is 5.75 Å². The lowest BCUT2D eigenvalue weighted by molar-refractivity contribution is -0.117. The Bertz CT molecular complexity index is 339. The van der Waals surface area contributed by atoms with Gasteiger partial charge in [-0.3, -0.25) is 4.79 Å². The number of primary amides is 1. The molecule has 0 saturated heterocycles. The molecule has 0 aromatic heterocycles. The highest BCUT2D eigenvalue weighted by atomic mass is 16.5. The molecule has 1 aromatic rings. The van der Waals surface area contributed by atoms with E-state index in [1.165, 1.54) is 0 Å². The van der Waals surface area contributed by atoms with Crippen LogP contribution in [0.15, 0.2) is 24.3 Å². The van der Waals surface area contributed by atoms with E-state index in [4.69, 9.17) is 10.5 Å². The number of methoxy groups -OCH3 is 1. The molecule has 4 heteroatoms. The molecule has 1 atom stereocenters. The van der Waals surface area contributed by atoms with Gasteiger partial charge in [-0.1, -0.05) is 12.1 Å². The molecule has 0 aliphatic heterocycles. The molecular formula is C11H16N2O2. The second kappa shape index (κ2) is 5.36. The highest BCUT2D eigenvalue weighted by molar-refractivity contribution is 5.75. The van der Waals surface area contributed by atoms with Crippen molar-refractivity contribution in [2.45, 2.75) is 13.0 Å². The van der Waals surface area contributed by atoms with E-state index in [1.54, 1.807) is 7.11 Å². The number of hydrogen-bond donors (Lipinski definition) is 2. The number of hydrogen-bond acceptors (Lipinski definition) is 3. The number of nitrogens with two attached hydrogens (primary N) is 1. The Hall–Kier alpha value is -1.55. The van der Waals surface area contributed by atoms with Crippen molar-refractivity contribution in [1.29, 1.82) is 0 Å². The van der Waals surface area contributed by atoms with Gasteiger partial charge in [0.1, 0.15) is 5.75 Å². The van der Waals surface area contributed by atoms with Crippen molar-refractivity contribution in [2.24, 2.45) is 5.73 Å². The first-order valence-electron chi connectivity index (χ1n) is 4.79. The van der Waals surface area contributed by atoms with E-state index in [0.29, 0.717) is 0 Å². The van der Waals surface area contributed by atoms with Gasteiger partial charge in [0.25, 0.3) is 0 Å². The van der Waals surface area contributed by atoms with Crippen molar-refractivity contribution < 1.29 is 9.53 Å². The van der Waals surface area contributed by atoms with E-state index in [2.05, 4.69) is 5.32 Å². The molecule has 0 bridgehead atoms. The van der Waals surface area contributed by atoms with Gasteiger partial charge in [0.15, 0.2) is 0 Å². The number of carbonyl (C=O) groups excluding carboxylic acids is 1. The van der Waals surface area contributed by atoms with Crippen LogP contribution in [0.1, 0.15) is 18.5 Å². The first kappa shape index (κ1) is 11.5. The van der Waals surface area contributed by atoms with E-state index in [-0.39, 0.29) is 18.5 Å². The average molecular weight is 208 g/mol. The van der Waals surface area contributed by atoms with Crippen molar-refractivity contribution >= 4 is 5.91 Å². The van der Waals surface area contributed by atoms with Gasteiger partial charge >= 0.3 is 0 Å². The lowest BCUT2D eigenvalue weighted by atomic mass is 10.1. The van der Waals surface area contributed by atoms with Gasteiger partial charge in [-0.05, 0) is 24.6 Å². The standard InChI is InChI=1S/C11H16N2O2/c1-8(13-7-11(12)14)9-4-3-5-10(6-9)15-2/h3-6,8,13H,7H2,1-2H3,(H2,12,14). The summed E-state index contributed by atoms with van der Waals surface area (Å²) in [6, 6.07) is 7.77. The zero-order valence-corrected chi connectivity index (χ0v) is 8.99. The lowest BCUT2D eigenvalue weighted by Crippen LogP contribution is -2.30. The van der Waals surface area contributed by atoms with Crippen LogP contribution in [-0.4, -0.2) is 19.6 Å². The topological polar surface area (TPSA) is 64.3 Å². The van der Waals surface area contributed by atoms with E-state index in [9.17, 15) is 4.79 Å². The molecule has 0 aliphatic rings. The van der Waals surface area contributed by atoms with E-state index in [0.717, 1.165) is 11.3 Å². The number of amides is 1. The zero-order chi connectivity index (χ0) is 11.3. The van der Waals surface area contributed by atoms with Gasteiger partial charge in [-0.25, -0.2) is 0 Å². The van der Waals surface area contributed by atoms with Crippen LogP contribution < -0.4 is 15.8 Å². The molecule has 82 valence electrons. The Kier molecular flexibility index (Phi) is 4.12. The van der Waals surface area contributed by atoms with Gasteiger partial charge in [0.2, 0.25) is 5.91 Å². The van der Waals surface area contributed by atoms with Crippen LogP contribution in [0.25, 0.3) is 0 Å². The Morgan fingerprint density at radius 1 is 1.60 bits per heavy atom. The van der Waals surface area contributed by atoms with E-state index in [1.807, 2.05) is 31.2 Å². The smallest absolute Gasteiger partial charge is 0.231 e. The van der Waals surface area contributed by atoms with E-state index >= 15 is 0 Å². The maximum absolute atomic E-state index is 10.6. The normalized spacial score (nSPS) is 12.1. The minimum atomic E-state index is -0.357. The number of nitrogens with one attached hydrogen (secondary N) is 1. The van der Waals surface area contributed by atoms with Gasteiger partial charge < -0.3 is 15.8 Å². The van der Waals surface area contributed by atoms with Crippen molar-refractivity contribution in [2.75, 3.05) is 13.7 Å². The third-order valence-electron chi connectivity index (χ3n) is 2.18. The SMILES string of the molecule is COc1cccc(C(C)NCC(N)=O)c1. The van der Waals surface area contributed by atoms with Gasteiger partial charge in [0, 0.05) is 6.04 Å². The summed E-state index contributed by atoms with van der Waals surface area (Å²) in [5.74, 6) is 0.449. The molecule has 1 unspecified atom stereocenters. The van der Waals surface area contributed by atoms with E-state index < -0.39 is 0 Å². The molecule has 1 aromatic carbocycles. The molecule has 0 aliphatic carbocycles. The maximum Gasteiger partial charge on any atom is 0.231 e. The fourth-order valence-electron chi connectivity index (χ4n) is 1.28. The average Bonchev–Trinajstić information content (AvgIpc) is 2.26.